The summed E-state index contributed by atoms with van der Waals surface area (Å²) in [4.78, 5) is 0. The SMILES string of the molecule is C#Cc1ccc(F)cc1F.CC(C)c1nnc2ccc(C#Cc3ccc(F)cc3F)nn12.CC(C)c1nnc2ccc(Cl)nn12. The van der Waals surface area contributed by atoms with Crippen LogP contribution in [0, 0.1) is 47.5 Å². The Balaban J connectivity index is 0.000000170. The van der Waals surface area contributed by atoms with Crippen LogP contribution < -0.4 is 0 Å². The van der Waals surface area contributed by atoms with E-state index in [1.807, 2.05) is 27.7 Å². The minimum atomic E-state index is -0.694. The number of terminal acetylenes is 1. The van der Waals surface area contributed by atoms with E-state index in [1.165, 1.54) is 18.2 Å². The van der Waals surface area contributed by atoms with Gasteiger partial charge in [-0.25, -0.2) is 17.6 Å². The third-order valence-electron chi connectivity index (χ3n) is 5.92. The minimum Gasteiger partial charge on any atom is -0.207 e. The maximum atomic E-state index is 13.5. The van der Waals surface area contributed by atoms with Crippen LogP contribution in [0.15, 0.2) is 60.7 Å². The topological polar surface area (TPSA) is 86.2 Å². The Kier molecular flexibility index (Phi) is 10.4. The van der Waals surface area contributed by atoms with E-state index in [2.05, 4.69) is 48.4 Å². The van der Waals surface area contributed by atoms with E-state index in [1.54, 1.807) is 33.3 Å². The van der Waals surface area contributed by atoms with Gasteiger partial charge < -0.3 is 0 Å². The molecule has 13 heteroatoms. The Labute approximate surface area is 261 Å². The van der Waals surface area contributed by atoms with Crippen molar-refractivity contribution in [3.05, 3.63) is 118 Å². The van der Waals surface area contributed by atoms with Gasteiger partial charge in [0.15, 0.2) is 22.9 Å². The van der Waals surface area contributed by atoms with Gasteiger partial charge in [-0.2, -0.15) is 19.2 Å². The normalized spacial score (nSPS) is 10.5. The van der Waals surface area contributed by atoms with Gasteiger partial charge in [0, 0.05) is 24.0 Å². The third kappa shape index (κ3) is 8.19. The van der Waals surface area contributed by atoms with Crippen molar-refractivity contribution in [3.63, 3.8) is 0 Å². The second kappa shape index (κ2) is 14.4. The number of rotatable bonds is 2. The lowest BCUT2D eigenvalue weighted by atomic mass is 10.2. The van der Waals surface area contributed by atoms with Crippen molar-refractivity contribution in [2.45, 2.75) is 39.5 Å². The van der Waals surface area contributed by atoms with Crippen LogP contribution in [-0.4, -0.2) is 39.6 Å². The largest absolute Gasteiger partial charge is 0.207 e. The van der Waals surface area contributed by atoms with Crippen LogP contribution in [0.25, 0.3) is 11.3 Å². The Morgan fingerprint density at radius 2 is 1.16 bits per heavy atom. The molecule has 0 aliphatic carbocycles. The molecule has 45 heavy (non-hydrogen) atoms. The van der Waals surface area contributed by atoms with Gasteiger partial charge in [-0.3, -0.25) is 0 Å². The van der Waals surface area contributed by atoms with Crippen molar-refractivity contribution >= 4 is 22.9 Å². The summed E-state index contributed by atoms with van der Waals surface area (Å²) in [6.45, 7) is 8.06. The maximum Gasteiger partial charge on any atom is 0.178 e. The van der Waals surface area contributed by atoms with Crippen LogP contribution in [0.2, 0.25) is 5.15 Å². The fraction of sp³-hybridized carbons (Fsp3) is 0.188. The zero-order valence-electron chi connectivity index (χ0n) is 24.5. The van der Waals surface area contributed by atoms with E-state index in [4.69, 9.17) is 18.0 Å². The maximum absolute atomic E-state index is 13.5. The summed E-state index contributed by atoms with van der Waals surface area (Å²) in [6, 6.07) is 13.3. The monoisotopic (exact) mass is 632 g/mol. The van der Waals surface area contributed by atoms with Gasteiger partial charge in [0.1, 0.15) is 34.1 Å². The predicted molar refractivity (Wildman–Crippen MR) is 161 cm³/mol. The standard InChI is InChI=1S/C16H12F2N4.C8H9ClN4.C8H4F2/c1-10(2)16-20-19-15-8-7-13(21-22(15)16)6-4-11-3-5-12(17)9-14(11)18;1-5(2)8-11-10-7-4-3-6(9)12-13(7)8;1-2-6-3-4-7(9)5-8(6)10/h3,5,7-10H,1-2H3;3-5H,1-2H3;1,3-5H. The molecule has 0 spiro atoms. The van der Waals surface area contributed by atoms with E-state index in [0.29, 0.717) is 22.4 Å². The molecule has 8 nitrogen and oxygen atoms in total. The molecule has 4 aromatic heterocycles. The molecule has 0 unspecified atom stereocenters. The second-order valence-electron chi connectivity index (χ2n) is 9.98. The molecule has 0 amide bonds. The first-order valence-corrected chi connectivity index (χ1v) is 13.8. The number of halogens is 5. The Bertz CT molecular complexity index is 2070. The fourth-order valence-electron chi connectivity index (χ4n) is 3.70. The van der Waals surface area contributed by atoms with Crippen molar-refractivity contribution in [2.24, 2.45) is 0 Å². The predicted octanol–water partition coefficient (Wildman–Crippen LogP) is 6.77. The summed E-state index contributed by atoms with van der Waals surface area (Å²) >= 11 is 5.76. The van der Waals surface area contributed by atoms with E-state index in [-0.39, 0.29) is 17.0 Å². The van der Waals surface area contributed by atoms with Crippen LogP contribution in [0.5, 0.6) is 0 Å². The van der Waals surface area contributed by atoms with Crippen LogP contribution in [0.3, 0.4) is 0 Å². The first-order valence-electron chi connectivity index (χ1n) is 13.5. The zero-order valence-corrected chi connectivity index (χ0v) is 25.2. The molecule has 0 fully saturated rings. The van der Waals surface area contributed by atoms with Crippen LogP contribution in [0.1, 0.15) is 68.0 Å². The van der Waals surface area contributed by atoms with Crippen molar-refractivity contribution in [1.29, 1.82) is 0 Å². The summed E-state index contributed by atoms with van der Waals surface area (Å²) in [5.74, 6) is 6.89. The van der Waals surface area contributed by atoms with Gasteiger partial charge in [0.25, 0.3) is 0 Å². The smallest absolute Gasteiger partial charge is 0.178 e. The van der Waals surface area contributed by atoms with Crippen LogP contribution >= 0.6 is 11.6 Å². The fourth-order valence-corrected chi connectivity index (χ4v) is 3.84. The van der Waals surface area contributed by atoms with Gasteiger partial charge in [-0.15, -0.1) is 26.8 Å². The summed E-state index contributed by atoms with van der Waals surface area (Å²) in [7, 11) is 0. The third-order valence-corrected chi connectivity index (χ3v) is 6.12. The van der Waals surface area contributed by atoms with Crippen molar-refractivity contribution in [3.8, 4) is 24.2 Å². The molecule has 4 heterocycles. The minimum absolute atomic E-state index is 0.0846. The van der Waals surface area contributed by atoms with E-state index in [0.717, 1.165) is 35.5 Å². The van der Waals surface area contributed by atoms with Gasteiger partial charge in [0.2, 0.25) is 0 Å². The molecule has 2 aromatic carbocycles. The number of hydrogen-bond donors (Lipinski definition) is 0. The molecule has 0 saturated heterocycles. The Morgan fingerprint density at radius 1 is 0.644 bits per heavy atom. The molecule has 6 rings (SSSR count). The molecule has 0 saturated carbocycles. The lowest BCUT2D eigenvalue weighted by Crippen LogP contribution is -2.02. The lowest BCUT2D eigenvalue weighted by Gasteiger charge is -2.01. The zero-order chi connectivity index (χ0) is 32.7. The molecule has 0 atom stereocenters. The number of aromatic nitrogens is 8. The summed E-state index contributed by atoms with van der Waals surface area (Å²) < 4.78 is 54.3. The van der Waals surface area contributed by atoms with Gasteiger partial charge in [-0.1, -0.05) is 51.1 Å². The molecule has 0 aliphatic heterocycles. The van der Waals surface area contributed by atoms with Gasteiger partial charge in [0.05, 0.1) is 11.1 Å². The van der Waals surface area contributed by atoms with Crippen LogP contribution in [0.4, 0.5) is 17.6 Å². The average molecular weight is 633 g/mol. The molecular weight excluding hydrogens is 608 g/mol. The highest BCUT2D eigenvalue weighted by Gasteiger charge is 2.11. The molecule has 6 aromatic rings. The van der Waals surface area contributed by atoms with E-state index in [9.17, 15) is 17.6 Å². The molecule has 0 aliphatic rings. The van der Waals surface area contributed by atoms with Crippen molar-refractivity contribution < 1.29 is 17.6 Å². The second-order valence-corrected chi connectivity index (χ2v) is 10.4. The molecule has 0 bridgehead atoms. The van der Waals surface area contributed by atoms with Crippen LogP contribution in [-0.2, 0) is 0 Å². The first-order chi connectivity index (χ1) is 21.5. The number of fused-ring (bicyclic) bond motifs is 2. The molecule has 0 radical (unpaired) electrons. The van der Waals surface area contributed by atoms with E-state index < -0.39 is 23.3 Å². The van der Waals surface area contributed by atoms with E-state index >= 15 is 0 Å². The van der Waals surface area contributed by atoms with Gasteiger partial charge in [-0.05, 0) is 54.5 Å². The molecule has 228 valence electrons. The van der Waals surface area contributed by atoms with Gasteiger partial charge >= 0.3 is 0 Å². The molecular formula is C32H25ClF4N8. The summed E-state index contributed by atoms with van der Waals surface area (Å²) in [5, 5.41) is 25.0. The Morgan fingerprint density at radius 3 is 1.67 bits per heavy atom. The van der Waals surface area contributed by atoms with Crippen molar-refractivity contribution in [2.75, 3.05) is 0 Å². The highest BCUT2D eigenvalue weighted by molar-refractivity contribution is 6.29. The molecule has 0 N–H and O–H groups in total. The quantitative estimate of drug-likeness (QED) is 0.155. The lowest BCUT2D eigenvalue weighted by molar-refractivity contribution is 0.580. The summed E-state index contributed by atoms with van der Waals surface area (Å²) in [6.07, 6.45) is 4.89. The van der Waals surface area contributed by atoms with Crippen molar-refractivity contribution in [1.82, 2.24) is 39.6 Å². The number of benzene rings is 2. The Hall–Kier alpha value is -5.33. The summed E-state index contributed by atoms with van der Waals surface area (Å²) in [5.41, 5.74) is 2.02. The number of hydrogen-bond acceptors (Lipinski definition) is 6. The highest BCUT2D eigenvalue weighted by Crippen LogP contribution is 2.15. The first kappa shape index (κ1) is 32.6. The highest BCUT2D eigenvalue weighted by atomic mass is 35.5. The average Bonchev–Trinajstić information content (AvgIpc) is 3.61. The number of nitrogens with zero attached hydrogens (tertiary/aromatic N) is 8.